The van der Waals surface area contributed by atoms with Crippen molar-refractivity contribution < 1.29 is 8.42 Å². The highest BCUT2D eigenvalue weighted by Crippen LogP contribution is 2.17. The van der Waals surface area contributed by atoms with E-state index in [4.69, 9.17) is 12.2 Å². The van der Waals surface area contributed by atoms with Gasteiger partial charge in [0.1, 0.15) is 0 Å². The second-order valence-corrected chi connectivity index (χ2v) is 7.69. The van der Waals surface area contributed by atoms with Gasteiger partial charge in [0.2, 0.25) is 10.0 Å². The smallest absolute Gasteiger partial charge is 0.243 e. The number of sulfonamides is 1. The van der Waals surface area contributed by atoms with Crippen LogP contribution in [-0.2, 0) is 10.0 Å². The molecular weight excluding hydrogens is 346 g/mol. The minimum absolute atomic E-state index is 0.303. The molecule has 0 spiro atoms. The first-order valence-electron chi connectivity index (χ1n) is 7.84. The summed E-state index contributed by atoms with van der Waals surface area (Å²) in [6.07, 6.45) is 0. The van der Waals surface area contributed by atoms with E-state index < -0.39 is 10.0 Å². The van der Waals surface area contributed by atoms with Crippen LogP contribution < -0.4 is 16.1 Å². The van der Waals surface area contributed by atoms with Crippen LogP contribution in [0.4, 0.5) is 0 Å². The number of thiocarbonyl (C=S) groups is 1. The standard InChI is InChI=1S/C15H23N5O2S2/c1-3-17-15(23)19-18-12(2)13-4-6-14(7-5-13)24(21,22)20-10-8-16-9-11-20/h4-7,16H,3,8-11H2,1-2H3,(H2,17,19,23)/b18-12-. The lowest BCUT2D eigenvalue weighted by molar-refractivity contribution is 0.360. The molecule has 3 N–H and O–H groups in total. The summed E-state index contributed by atoms with van der Waals surface area (Å²) in [7, 11) is -3.43. The third-order valence-electron chi connectivity index (χ3n) is 3.65. The molecule has 0 bridgehead atoms. The van der Waals surface area contributed by atoms with E-state index in [1.165, 1.54) is 4.31 Å². The topological polar surface area (TPSA) is 85.8 Å². The second-order valence-electron chi connectivity index (χ2n) is 5.35. The maximum atomic E-state index is 12.6. The number of hydrogen-bond acceptors (Lipinski definition) is 5. The molecule has 1 aromatic rings. The quantitative estimate of drug-likeness (QED) is 0.398. The summed E-state index contributed by atoms with van der Waals surface area (Å²) in [5.41, 5.74) is 4.31. The SMILES string of the molecule is CCNC(=S)N/N=C(/C)c1ccc(S(=O)(=O)N2CCNCC2)cc1. The van der Waals surface area contributed by atoms with Gasteiger partial charge in [-0.3, -0.25) is 5.43 Å². The molecule has 7 nitrogen and oxygen atoms in total. The van der Waals surface area contributed by atoms with Crippen molar-refractivity contribution in [2.24, 2.45) is 5.10 Å². The molecular formula is C15H23N5O2S2. The van der Waals surface area contributed by atoms with Crippen LogP contribution in [0.1, 0.15) is 19.4 Å². The number of nitrogens with zero attached hydrogens (tertiary/aromatic N) is 2. The summed E-state index contributed by atoms with van der Waals surface area (Å²) in [6.45, 7) is 6.86. The van der Waals surface area contributed by atoms with E-state index in [0.29, 0.717) is 36.2 Å². The molecule has 132 valence electrons. The van der Waals surface area contributed by atoms with E-state index in [1.807, 2.05) is 13.8 Å². The van der Waals surface area contributed by atoms with E-state index in [1.54, 1.807) is 24.3 Å². The van der Waals surface area contributed by atoms with Crippen molar-refractivity contribution >= 4 is 33.1 Å². The van der Waals surface area contributed by atoms with Crippen LogP contribution in [-0.4, -0.2) is 56.3 Å². The Balaban J connectivity index is 2.09. The predicted octanol–water partition coefficient (Wildman–Crippen LogP) is 0.489. The van der Waals surface area contributed by atoms with Gasteiger partial charge in [0, 0.05) is 32.7 Å². The third kappa shape index (κ3) is 4.73. The average Bonchev–Trinajstić information content (AvgIpc) is 2.61. The summed E-state index contributed by atoms with van der Waals surface area (Å²) in [5.74, 6) is 0. The van der Waals surface area contributed by atoms with Crippen LogP contribution in [0.25, 0.3) is 0 Å². The van der Waals surface area contributed by atoms with Gasteiger partial charge in [-0.25, -0.2) is 8.42 Å². The summed E-state index contributed by atoms with van der Waals surface area (Å²) in [5, 5.41) is 10.7. The van der Waals surface area contributed by atoms with Crippen molar-refractivity contribution in [2.75, 3.05) is 32.7 Å². The van der Waals surface area contributed by atoms with Crippen molar-refractivity contribution in [2.45, 2.75) is 18.7 Å². The zero-order chi connectivity index (χ0) is 17.6. The van der Waals surface area contributed by atoms with Crippen LogP contribution in [0.5, 0.6) is 0 Å². The van der Waals surface area contributed by atoms with E-state index in [0.717, 1.165) is 17.8 Å². The highest BCUT2D eigenvalue weighted by Gasteiger charge is 2.25. The number of hydrazone groups is 1. The first-order chi connectivity index (χ1) is 11.4. The third-order valence-corrected chi connectivity index (χ3v) is 5.80. The van der Waals surface area contributed by atoms with Crippen molar-refractivity contribution in [3.63, 3.8) is 0 Å². The van der Waals surface area contributed by atoms with E-state index >= 15 is 0 Å². The molecule has 9 heteroatoms. The minimum atomic E-state index is -3.43. The molecule has 1 fully saturated rings. The molecule has 0 amide bonds. The Labute approximate surface area is 148 Å². The maximum absolute atomic E-state index is 12.6. The first-order valence-corrected chi connectivity index (χ1v) is 9.69. The van der Waals surface area contributed by atoms with Gasteiger partial charge in [-0.1, -0.05) is 12.1 Å². The normalized spacial score (nSPS) is 16.7. The summed E-state index contributed by atoms with van der Waals surface area (Å²) < 4.78 is 26.7. The molecule has 0 atom stereocenters. The Morgan fingerprint density at radius 3 is 2.50 bits per heavy atom. The number of rotatable bonds is 5. The molecule has 1 aliphatic rings. The predicted molar refractivity (Wildman–Crippen MR) is 99.7 cm³/mol. The second kappa shape index (κ2) is 8.52. The number of hydrogen-bond donors (Lipinski definition) is 3. The van der Waals surface area contributed by atoms with Crippen LogP contribution in [0.2, 0.25) is 0 Å². The van der Waals surface area contributed by atoms with Crippen LogP contribution >= 0.6 is 12.2 Å². The number of benzene rings is 1. The first kappa shape index (κ1) is 18.8. The molecule has 1 heterocycles. The van der Waals surface area contributed by atoms with Gasteiger partial charge in [-0.15, -0.1) is 0 Å². The zero-order valence-corrected chi connectivity index (χ0v) is 15.5. The molecule has 1 aliphatic heterocycles. The van der Waals surface area contributed by atoms with Crippen molar-refractivity contribution in [1.29, 1.82) is 0 Å². The molecule has 0 saturated carbocycles. The largest absolute Gasteiger partial charge is 0.362 e. The van der Waals surface area contributed by atoms with Crippen LogP contribution in [0.3, 0.4) is 0 Å². The van der Waals surface area contributed by atoms with Crippen LogP contribution in [0.15, 0.2) is 34.3 Å². The molecule has 0 radical (unpaired) electrons. The Morgan fingerprint density at radius 2 is 1.92 bits per heavy atom. The highest BCUT2D eigenvalue weighted by molar-refractivity contribution is 7.89. The summed E-state index contributed by atoms with van der Waals surface area (Å²) in [4.78, 5) is 0.303. The fourth-order valence-electron chi connectivity index (χ4n) is 2.30. The van der Waals surface area contributed by atoms with Gasteiger partial charge >= 0.3 is 0 Å². The number of nitrogens with one attached hydrogen (secondary N) is 3. The summed E-state index contributed by atoms with van der Waals surface area (Å²) >= 11 is 5.04. The average molecular weight is 370 g/mol. The minimum Gasteiger partial charge on any atom is -0.362 e. The van der Waals surface area contributed by atoms with E-state index in [2.05, 4.69) is 21.2 Å². The molecule has 1 saturated heterocycles. The highest BCUT2D eigenvalue weighted by atomic mass is 32.2. The fraction of sp³-hybridized carbons (Fsp3) is 0.467. The van der Waals surface area contributed by atoms with Gasteiger partial charge in [0.15, 0.2) is 5.11 Å². The number of piperazine rings is 1. The van der Waals surface area contributed by atoms with Gasteiger partial charge in [0.25, 0.3) is 0 Å². The van der Waals surface area contributed by atoms with E-state index in [9.17, 15) is 8.42 Å². The molecule has 0 aliphatic carbocycles. The summed E-state index contributed by atoms with van der Waals surface area (Å²) in [6, 6.07) is 6.75. The van der Waals surface area contributed by atoms with Crippen molar-refractivity contribution in [1.82, 2.24) is 20.4 Å². The fourth-order valence-corrected chi connectivity index (χ4v) is 3.93. The van der Waals surface area contributed by atoms with Gasteiger partial charge in [0.05, 0.1) is 10.6 Å². The Bertz CT molecular complexity index is 695. The maximum Gasteiger partial charge on any atom is 0.243 e. The Morgan fingerprint density at radius 1 is 1.29 bits per heavy atom. The lowest BCUT2D eigenvalue weighted by atomic mass is 10.1. The Hall–Kier alpha value is -1.55. The van der Waals surface area contributed by atoms with E-state index in [-0.39, 0.29) is 0 Å². The Kier molecular flexibility index (Phi) is 6.67. The monoisotopic (exact) mass is 369 g/mol. The molecule has 0 unspecified atom stereocenters. The molecule has 1 aromatic carbocycles. The van der Waals surface area contributed by atoms with Gasteiger partial charge in [-0.05, 0) is 43.8 Å². The molecule has 0 aromatic heterocycles. The van der Waals surface area contributed by atoms with Crippen molar-refractivity contribution in [3.05, 3.63) is 29.8 Å². The van der Waals surface area contributed by atoms with Crippen LogP contribution in [0, 0.1) is 0 Å². The molecule has 24 heavy (non-hydrogen) atoms. The lowest BCUT2D eigenvalue weighted by Crippen LogP contribution is -2.46. The van der Waals surface area contributed by atoms with Gasteiger partial charge < -0.3 is 10.6 Å². The molecule has 2 rings (SSSR count). The zero-order valence-electron chi connectivity index (χ0n) is 13.9. The lowest BCUT2D eigenvalue weighted by Gasteiger charge is -2.26. The van der Waals surface area contributed by atoms with Crippen molar-refractivity contribution in [3.8, 4) is 0 Å². The van der Waals surface area contributed by atoms with Gasteiger partial charge in [-0.2, -0.15) is 9.41 Å².